The Balaban J connectivity index is 1.82. The molecule has 0 aliphatic carbocycles. The molecule has 0 radical (unpaired) electrons. The summed E-state index contributed by atoms with van der Waals surface area (Å²) in [7, 11) is 0. The molecule has 3 rings (SSSR count). The van der Waals surface area contributed by atoms with Crippen LogP contribution >= 0.6 is 23.2 Å². The smallest absolute Gasteiger partial charge is 0.325 e. The molecule has 2 fully saturated rings. The van der Waals surface area contributed by atoms with Crippen LogP contribution in [-0.2, 0) is 16.1 Å². The van der Waals surface area contributed by atoms with Crippen molar-refractivity contribution in [1.82, 2.24) is 10.2 Å². The number of halogens is 2. The Morgan fingerprint density at radius 3 is 2.62 bits per heavy atom. The molecule has 2 aliphatic rings. The zero-order valence-corrected chi connectivity index (χ0v) is 12.7. The molecule has 1 aromatic carbocycles. The average Bonchev–Trinajstić information content (AvgIpc) is 2.67. The van der Waals surface area contributed by atoms with Gasteiger partial charge in [-0.2, -0.15) is 0 Å². The van der Waals surface area contributed by atoms with Crippen molar-refractivity contribution in [2.45, 2.75) is 24.9 Å². The number of benzene rings is 1. The third-order valence-corrected chi connectivity index (χ3v) is 4.52. The number of hydrogen-bond acceptors (Lipinski definition) is 3. The number of rotatable bonds is 2. The van der Waals surface area contributed by atoms with Crippen LogP contribution in [0.4, 0.5) is 4.79 Å². The highest BCUT2D eigenvalue weighted by atomic mass is 35.5. The number of nitrogens with zero attached hydrogens (tertiary/aromatic N) is 1. The van der Waals surface area contributed by atoms with Crippen LogP contribution in [0, 0.1) is 0 Å². The first-order valence-corrected chi connectivity index (χ1v) is 7.43. The van der Waals surface area contributed by atoms with Gasteiger partial charge in [0.2, 0.25) is 0 Å². The highest BCUT2D eigenvalue weighted by Gasteiger charge is 2.51. The number of carbonyl (C=O) groups is 2. The van der Waals surface area contributed by atoms with Crippen molar-refractivity contribution < 1.29 is 14.3 Å². The molecule has 1 aromatic rings. The summed E-state index contributed by atoms with van der Waals surface area (Å²) in [6.45, 7) is 1.09. The highest BCUT2D eigenvalue weighted by molar-refractivity contribution is 6.35. The lowest BCUT2D eigenvalue weighted by atomic mass is 9.90. The zero-order valence-electron chi connectivity index (χ0n) is 11.2. The van der Waals surface area contributed by atoms with Crippen LogP contribution in [0.15, 0.2) is 18.2 Å². The summed E-state index contributed by atoms with van der Waals surface area (Å²) >= 11 is 12.0. The van der Waals surface area contributed by atoms with E-state index < -0.39 is 5.54 Å². The van der Waals surface area contributed by atoms with Gasteiger partial charge in [-0.1, -0.05) is 29.3 Å². The molecule has 0 aromatic heterocycles. The van der Waals surface area contributed by atoms with Gasteiger partial charge in [0.1, 0.15) is 5.54 Å². The molecule has 1 spiro atoms. The average molecular weight is 329 g/mol. The monoisotopic (exact) mass is 328 g/mol. The Hall–Kier alpha value is -1.30. The van der Waals surface area contributed by atoms with E-state index >= 15 is 0 Å². The first-order valence-electron chi connectivity index (χ1n) is 6.68. The molecule has 3 amide bonds. The van der Waals surface area contributed by atoms with E-state index in [9.17, 15) is 9.59 Å². The number of carbonyl (C=O) groups excluding carboxylic acids is 2. The molecule has 0 saturated carbocycles. The van der Waals surface area contributed by atoms with Crippen LogP contribution in [0.1, 0.15) is 18.4 Å². The second-order valence-corrected chi connectivity index (χ2v) is 6.10. The summed E-state index contributed by atoms with van der Waals surface area (Å²) in [6.07, 6.45) is 1.00. The van der Waals surface area contributed by atoms with Crippen LogP contribution in [0.25, 0.3) is 0 Å². The molecule has 0 atom stereocenters. The van der Waals surface area contributed by atoms with Crippen molar-refractivity contribution in [2.24, 2.45) is 0 Å². The van der Waals surface area contributed by atoms with Crippen molar-refractivity contribution in [2.75, 3.05) is 13.2 Å². The Morgan fingerprint density at radius 2 is 1.95 bits per heavy atom. The second-order valence-electron chi connectivity index (χ2n) is 5.25. The van der Waals surface area contributed by atoms with Gasteiger partial charge in [0.05, 0.1) is 6.54 Å². The van der Waals surface area contributed by atoms with E-state index in [1.807, 2.05) is 0 Å². The van der Waals surface area contributed by atoms with Gasteiger partial charge in [0.15, 0.2) is 0 Å². The summed E-state index contributed by atoms with van der Waals surface area (Å²) in [5, 5.41) is 3.76. The van der Waals surface area contributed by atoms with Gasteiger partial charge < -0.3 is 10.1 Å². The van der Waals surface area contributed by atoms with Crippen molar-refractivity contribution in [3.05, 3.63) is 33.8 Å². The van der Waals surface area contributed by atoms with Crippen LogP contribution in [0.2, 0.25) is 10.0 Å². The minimum absolute atomic E-state index is 0.142. The van der Waals surface area contributed by atoms with Crippen molar-refractivity contribution in [3.63, 3.8) is 0 Å². The van der Waals surface area contributed by atoms with E-state index in [0.29, 0.717) is 41.7 Å². The first kappa shape index (κ1) is 14.6. The Bertz CT molecular complexity index is 600. The number of imide groups is 1. The van der Waals surface area contributed by atoms with Gasteiger partial charge in [-0.3, -0.25) is 9.69 Å². The van der Waals surface area contributed by atoms with E-state index in [2.05, 4.69) is 5.32 Å². The van der Waals surface area contributed by atoms with Gasteiger partial charge in [0.25, 0.3) is 5.91 Å². The van der Waals surface area contributed by atoms with E-state index in [1.165, 1.54) is 4.90 Å². The molecule has 7 heteroatoms. The number of nitrogens with one attached hydrogen (secondary N) is 1. The first-order chi connectivity index (χ1) is 10.0. The predicted molar refractivity (Wildman–Crippen MR) is 78.3 cm³/mol. The lowest BCUT2D eigenvalue weighted by molar-refractivity contribution is -0.134. The highest BCUT2D eigenvalue weighted by Crippen LogP contribution is 2.30. The third kappa shape index (κ3) is 2.61. The number of ether oxygens (including phenoxy) is 1. The maximum absolute atomic E-state index is 12.6. The van der Waals surface area contributed by atoms with Crippen molar-refractivity contribution >= 4 is 35.1 Å². The summed E-state index contributed by atoms with van der Waals surface area (Å²) in [5.74, 6) is -0.207. The van der Waals surface area contributed by atoms with E-state index in [-0.39, 0.29) is 18.5 Å². The lowest BCUT2D eigenvalue weighted by Crippen LogP contribution is -2.51. The van der Waals surface area contributed by atoms with Gasteiger partial charge in [0, 0.05) is 36.1 Å². The van der Waals surface area contributed by atoms with Crippen molar-refractivity contribution in [3.8, 4) is 0 Å². The Kier molecular flexibility index (Phi) is 3.82. The van der Waals surface area contributed by atoms with Crippen LogP contribution in [-0.4, -0.2) is 35.6 Å². The molecule has 112 valence electrons. The largest absolute Gasteiger partial charge is 0.381 e. The van der Waals surface area contributed by atoms with Gasteiger partial charge in [-0.15, -0.1) is 0 Å². The molecule has 1 N–H and O–H groups in total. The molecular formula is C14H14Cl2N2O3. The second kappa shape index (κ2) is 5.48. The molecule has 2 heterocycles. The molecule has 0 unspecified atom stereocenters. The van der Waals surface area contributed by atoms with Gasteiger partial charge >= 0.3 is 6.03 Å². The third-order valence-electron chi connectivity index (χ3n) is 3.94. The fourth-order valence-corrected chi connectivity index (χ4v) is 3.17. The maximum atomic E-state index is 12.6. The molecule has 21 heavy (non-hydrogen) atoms. The summed E-state index contributed by atoms with van der Waals surface area (Å²) in [4.78, 5) is 25.9. The quantitative estimate of drug-likeness (QED) is 0.849. The summed E-state index contributed by atoms with van der Waals surface area (Å²) < 4.78 is 5.27. The molecular weight excluding hydrogens is 315 g/mol. The Morgan fingerprint density at radius 1 is 1.24 bits per heavy atom. The molecule has 2 aliphatic heterocycles. The lowest BCUT2D eigenvalue weighted by Gasteiger charge is -2.30. The zero-order chi connectivity index (χ0) is 15.0. The summed E-state index contributed by atoms with van der Waals surface area (Å²) in [6, 6.07) is 4.63. The topological polar surface area (TPSA) is 58.6 Å². The van der Waals surface area contributed by atoms with Crippen LogP contribution in [0.3, 0.4) is 0 Å². The molecule has 0 bridgehead atoms. The Labute approximate surface area is 132 Å². The van der Waals surface area contributed by atoms with Gasteiger partial charge in [-0.25, -0.2) is 4.79 Å². The number of hydrogen-bond donors (Lipinski definition) is 1. The maximum Gasteiger partial charge on any atom is 0.325 e. The minimum Gasteiger partial charge on any atom is -0.381 e. The van der Waals surface area contributed by atoms with Crippen LogP contribution < -0.4 is 5.32 Å². The standard InChI is InChI=1S/C14H14Cl2N2O3/c15-10-2-1-9(11(16)7-10)8-18-12(19)14(17-13(18)20)3-5-21-6-4-14/h1-2,7H,3-6,8H2,(H,17,20). The molecule has 2 saturated heterocycles. The fraction of sp³-hybridized carbons (Fsp3) is 0.429. The van der Waals surface area contributed by atoms with E-state index in [0.717, 1.165) is 0 Å². The van der Waals surface area contributed by atoms with E-state index in [4.69, 9.17) is 27.9 Å². The molecule has 5 nitrogen and oxygen atoms in total. The fourth-order valence-electron chi connectivity index (χ4n) is 2.70. The number of urea groups is 1. The van der Waals surface area contributed by atoms with Gasteiger partial charge in [-0.05, 0) is 17.7 Å². The summed E-state index contributed by atoms with van der Waals surface area (Å²) in [5.41, 5.74) is -0.123. The van der Waals surface area contributed by atoms with E-state index in [1.54, 1.807) is 18.2 Å². The van der Waals surface area contributed by atoms with Crippen molar-refractivity contribution in [1.29, 1.82) is 0 Å². The normalized spacial score (nSPS) is 21.0. The minimum atomic E-state index is -0.811. The predicted octanol–water partition coefficient (Wildman–Crippen LogP) is 2.59. The SMILES string of the molecule is O=C1NC2(CCOCC2)C(=O)N1Cc1ccc(Cl)cc1Cl. The van der Waals surface area contributed by atoms with Crippen LogP contribution in [0.5, 0.6) is 0 Å². The number of amides is 3.